The van der Waals surface area contributed by atoms with Gasteiger partial charge in [0.1, 0.15) is 0 Å². The minimum atomic E-state index is 0.721. The predicted molar refractivity (Wildman–Crippen MR) is 71.4 cm³/mol. The maximum atomic E-state index is 5.03. The summed E-state index contributed by atoms with van der Waals surface area (Å²) in [7, 11) is 1.73. The Bertz CT molecular complexity index is 320. The second-order valence-electron chi connectivity index (χ2n) is 4.85. The van der Waals surface area contributed by atoms with Crippen LogP contribution in [0.5, 0.6) is 0 Å². The molecule has 0 aliphatic rings. The summed E-state index contributed by atoms with van der Waals surface area (Å²) in [6, 6.07) is 0. The summed E-state index contributed by atoms with van der Waals surface area (Å²) in [4.78, 5) is 4.50. The normalized spacial score (nSPS) is 11.1. The van der Waals surface area contributed by atoms with Crippen molar-refractivity contribution in [2.24, 2.45) is 5.92 Å². The van der Waals surface area contributed by atoms with Gasteiger partial charge >= 0.3 is 0 Å². The molecule has 0 saturated carbocycles. The third-order valence-electron chi connectivity index (χ3n) is 2.65. The number of nitrogens with one attached hydrogen (secondary N) is 1. The van der Waals surface area contributed by atoms with E-state index in [1.54, 1.807) is 7.11 Å². The van der Waals surface area contributed by atoms with Gasteiger partial charge in [0.25, 0.3) is 0 Å². The van der Waals surface area contributed by atoms with Crippen molar-refractivity contribution in [3.63, 3.8) is 0 Å². The fourth-order valence-corrected chi connectivity index (χ4v) is 1.67. The minimum absolute atomic E-state index is 0.721. The number of hydrogen-bond donors (Lipinski definition) is 1. The van der Waals surface area contributed by atoms with Gasteiger partial charge < -0.3 is 14.6 Å². The maximum absolute atomic E-state index is 5.03. The van der Waals surface area contributed by atoms with Crippen LogP contribution in [0.2, 0.25) is 0 Å². The van der Waals surface area contributed by atoms with Crippen molar-refractivity contribution in [2.75, 3.05) is 25.6 Å². The predicted octanol–water partition coefficient (Wildman–Crippen LogP) is 2.69. The van der Waals surface area contributed by atoms with Crippen molar-refractivity contribution < 1.29 is 4.74 Å². The van der Waals surface area contributed by atoms with E-state index in [1.807, 2.05) is 6.92 Å². The summed E-state index contributed by atoms with van der Waals surface area (Å²) >= 11 is 0. The van der Waals surface area contributed by atoms with E-state index < -0.39 is 0 Å². The Labute approximate surface area is 104 Å². The molecular weight excluding hydrogens is 214 g/mol. The first-order valence-corrected chi connectivity index (χ1v) is 6.40. The highest BCUT2D eigenvalue weighted by atomic mass is 16.5. The Kier molecular flexibility index (Phi) is 6.05. The van der Waals surface area contributed by atoms with Crippen LogP contribution in [-0.4, -0.2) is 29.8 Å². The van der Waals surface area contributed by atoms with Crippen molar-refractivity contribution in [3.05, 3.63) is 11.9 Å². The Morgan fingerprint density at radius 1 is 1.47 bits per heavy atom. The molecule has 17 heavy (non-hydrogen) atoms. The van der Waals surface area contributed by atoms with Crippen LogP contribution in [0, 0.1) is 12.8 Å². The van der Waals surface area contributed by atoms with E-state index in [1.165, 1.54) is 6.42 Å². The Balaban J connectivity index is 2.46. The highest BCUT2D eigenvalue weighted by molar-refractivity contribution is 5.28. The number of anilines is 1. The van der Waals surface area contributed by atoms with E-state index in [4.69, 9.17) is 4.74 Å². The maximum Gasteiger partial charge on any atom is 0.203 e. The molecule has 0 amide bonds. The van der Waals surface area contributed by atoms with Gasteiger partial charge in [-0.05, 0) is 25.7 Å². The number of rotatable bonds is 8. The quantitative estimate of drug-likeness (QED) is 0.709. The average molecular weight is 239 g/mol. The molecule has 0 saturated heterocycles. The number of nitrogens with zero attached hydrogens (tertiary/aromatic N) is 2. The van der Waals surface area contributed by atoms with E-state index in [2.05, 4.69) is 34.9 Å². The molecule has 0 aliphatic heterocycles. The van der Waals surface area contributed by atoms with Gasteiger partial charge in [0, 0.05) is 33.0 Å². The topological polar surface area (TPSA) is 39.1 Å². The van der Waals surface area contributed by atoms with Crippen LogP contribution in [0.3, 0.4) is 0 Å². The summed E-state index contributed by atoms with van der Waals surface area (Å²) in [6.45, 7) is 9.26. The van der Waals surface area contributed by atoms with E-state index in [9.17, 15) is 0 Å². The van der Waals surface area contributed by atoms with Crippen molar-refractivity contribution in [1.82, 2.24) is 9.55 Å². The molecule has 1 N–H and O–H groups in total. The first-order valence-electron chi connectivity index (χ1n) is 6.40. The molecule has 0 fully saturated rings. The molecule has 0 aliphatic carbocycles. The number of imidazole rings is 1. The van der Waals surface area contributed by atoms with E-state index in [-0.39, 0.29) is 0 Å². The standard InChI is InChI=1S/C13H25N3O/c1-11(2)6-8-16-10-12(3)15-13(16)14-7-5-9-17-4/h10-11H,5-9H2,1-4H3,(H,14,15). The lowest BCUT2D eigenvalue weighted by Crippen LogP contribution is -2.11. The molecule has 98 valence electrons. The van der Waals surface area contributed by atoms with Gasteiger partial charge in [-0.2, -0.15) is 0 Å². The number of aryl methyl sites for hydroxylation is 2. The molecule has 0 atom stereocenters. The summed E-state index contributed by atoms with van der Waals surface area (Å²) in [5.74, 6) is 1.71. The lowest BCUT2D eigenvalue weighted by Gasteiger charge is -2.10. The first-order chi connectivity index (χ1) is 8.13. The number of ether oxygens (including phenoxy) is 1. The van der Waals surface area contributed by atoms with Gasteiger partial charge in [-0.3, -0.25) is 0 Å². The molecule has 1 aromatic rings. The number of hydrogen-bond acceptors (Lipinski definition) is 3. The van der Waals surface area contributed by atoms with Gasteiger partial charge in [0.15, 0.2) is 0 Å². The monoisotopic (exact) mass is 239 g/mol. The molecule has 0 radical (unpaired) electrons. The molecule has 1 heterocycles. The van der Waals surface area contributed by atoms with Crippen LogP contribution in [0.15, 0.2) is 6.20 Å². The second kappa shape index (κ2) is 7.33. The third-order valence-corrected chi connectivity index (χ3v) is 2.65. The van der Waals surface area contributed by atoms with Crippen LogP contribution in [-0.2, 0) is 11.3 Å². The minimum Gasteiger partial charge on any atom is -0.385 e. The van der Waals surface area contributed by atoms with Gasteiger partial charge in [-0.15, -0.1) is 0 Å². The molecule has 0 bridgehead atoms. The molecule has 1 aromatic heterocycles. The molecule has 0 unspecified atom stereocenters. The first kappa shape index (κ1) is 14.0. The molecular formula is C13H25N3O. The van der Waals surface area contributed by atoms with E-state index >= 15 is 0 Å². The van der Waals surface area contributed by atoms with Crippen molar-refractivity contribution in [3.8, 4) is 0 Å². The van der Waals surface area contributed by atoms with Crippen LogP contribution in [0.25, 0.3) is 0 Å². The lowest BCUT2D eigenvalue weighted by molar-refractivity contribution is 0.197. The summed E-state index contributed by atoms with van der Waals surface area (Å²) in [6.07, 6.45) is 4.30. The zero-order chi connectivity index (χ0) is 12.7. The van der Waals surface area contributed by atoms with Gasteiger partial charge in [-0.25, -0.2) is 4.98 Å². The summed E-state index contributed by atoms with van der Waals surface area (Å²) in [5.41, 5.74) is 1.07. The van der Waals surface area contributed by atoms with Crippen molar-refractivity contribution >= 4 is 5.95 Å². The number of methoxy groups -OCH3 is 1. The summed E-state index contributed by atoms with van der Waals surface area (Å²) < 4.78 is 7.24. The molecule has 4 nitrogen and oxygen atoms in total. The zero-order valence-corrected chi connectivity index (χ0v) is 11.5. The molecule has 4 heteroatoms. The average Bonchev–Trinajstić information content (AvgIpc) is 2.62. The largest absolute Gasteiger partial charge is 0.385 e. The van der Waals surface area contributed by atoms with Crippen molar-refractivity contribution in [2.45, 2.75) is 40.2 Å². The Morgan fingerprint density at radius 3 is 2.88 bits per heavy atom. The smallest absolute Gasteiger partial charge is 0.203 e. The Hall–Kier alpha value is -1.03. The zero-order valence-electron chi connectivity index (χ0n) is 11.5. The van der Waals surface area contributed by atoms with Crippen LogP contribution in [0.4, 0.5) is 5.95 Å². The highest BCUT2D eigenvalue weighted by Gasteiger charge is 2.05. The Morgan fingerprint density at radius 2 is 2.24 bits per heavy atom. The van der Waals surface area contributed by atoms with E-state index in [0.29, 0.717) is 0 Å². The molecule has 0 aromatic carbocycles. The number of aromatic nitrogens is 2. The van der Waals surface area contributed by atoms with Gasteiger partial charge in [-0.1, -0.05) is 13.8 Å². The van der Waals surface area contributed by atoms with E-state index in [0.717, 1.165) is 43.7 Å². The third kappa shape index (κ3) is 5.22. The van der Waals surface area contributed by atoms with Gasteiger partial charge in [0.2, 0.25) is 5.95 Å². The van der Waals surface area contributed by atoms with Gasteiger partial charge in [0.05, 0.1) is 5.69 Å². The van der Waals surface area contributed by atoms with Crippen LogP contribution in [0.1, 0.15) is 32.4 Å². The SMILES string of the molecule is COCCCNc1nc(C)cn1CCC(C)C. The second-order valence-corrected chi connectivity index (χ2v) is 4.85. The molecule has 1 rings (SSSR count). The van der Waals surface area contributed by atoms with Crippen molar-refractivity contribution in [1.29, 1.82) is 0 Å². The fraction of sp³-hybridized carbons (Fsp3) is 0.769. The van der Waals surface area contributed by atoms with Crippen LogP contribution < -0.4 is 5.32 Å². The summed E-state index contributed by atoms with van der Waals surface area (Å²) in [5, 5.41) is 3.36. The lowest BCUT2D eigenvalue weighted by atomic mass is 10.1. The fourth-order valence-electron chi connectivity index (χ4n) is 1.67. The van der Waals surface area contributed by atoms with Crippen LogP contribution >= 0.6 is 0 Å². The molecule has 0 spiro atoms. The highest BCUT2D eigenvalue weighted by Crippen LogP contribution is 2.11.